The average molecular weight is 206 g/mol. The zero-order chi connectivity index (χ0) is 11.3. The first-order valence-electron chi connectivity index (χ1n) is 4.67. The Kier molecular flexibility index (Phi) is 3.55. The number of carbonyl (C=O) groups excluding carboxylic acids is 1. The summed E-state index contributed by atoms with van der Waals surface area (Å²) in [5.74, 6) is -0.369. The molecule has 15 heavy (non-hydrogen) atoms. The van der Waals surface area contributed by atoms with E-state index in [9.17, 15) is 4.79 Å². The Bertz CT molecular complexity index is 358. The highest BCUT2D eigenvalue weighted by molar-refractivity contribution is 5.66. The van der Waals surface area contributed by atoms with Crippen LogP contribution in [0.25, 0.3) is 0 Å². The Labute approximate surface area is 89.0 Å². The minimum atomic E-state index is -0.915. The summed E-state index contributed by atoms with van der Waals surface area (Å²) in [6.07, 6.45) is 0. The molecule has 1 aromatic carbocycles. The van der Waals surface area contributed by atoms with Crippen LogP contribution in [0.3, 0.4) is 0 Å². The van der Waals surface area contributed by atoms with Crippen LogP contribution in [0.2, 0.25) is 0 Å². The maximum atomic E-state index is 10.7. The lowest BCUT2D eigenvalue weighted by molar-refractivity contribution is -0.153. The molecule has 0 bridgehead atoms. The highest BCUT2D eigenvalue weighted by atomic mass is 16.6. The molecule has 0 N–H and O–H groups in total. The van der Waals surface area contributed by atoms with E-state index in [1.807, 2.05) is 30.3 Å². The standard InChI is InChI=1S/C11H14N2O2/c1-9(14)15-11(2,3)13-12-10-7-5-4-6-8-10/h4-8H,1-3H3/b13-12+. The van der Waals surface area contributed by atoms with Gasteiger partial charge in [0.15, 0.2) is 0 Å². The summed E-state index contributed by atoms with van der Waals surface area (Å²) in [7, 11) is 0. The van der Waals surface area contributed by atoms with Crippen molar-refractivity contribution in [1.82, 2.24) is 0 Å². The molecule has 0 aromatic heterocycles. The van der Waals surface area contributed by atoms with E-state index in [-0.39, 0.29) is 5.97 Å². The molecule has 0 aliphatic heterocycles. The van der Waals surface area contributed by atoms with Crippen LogP contribution in [0.4, 0.5) is 5.69 Å². The van der Waals surface area contributed by atoms with Gasteiger partial charge in [0.05, 0.1) is 5.69 Å². The fraction of sp³-hybridized carbons (Fsp3) is 0.364. The van der Waals surface area contributed by atoms with E-state index in [4.69, 9.17) is 4.74 Å². The second-order valence-electron chi connectivity index (χ2n) is 3.58. The minimum Gasteiger partial charge on any atom is -0.436 e. The number of nitrogens with zero attached hydrogens (tertiary/aromatic N) is 2. The lowest BCUT2D eigenvalue weighted by Crippen LogP contribution is -2.23. The van der Waals surface area contributed by atoms with Gasteiger partial charge in [-0.3, -0.25) is 4.79 Å². The van der Waals surface area contributed by atoms with Gasteiger partial charge in [-0.2, -0.15) is 5.11 Å². The van der Waals surface area contributed by atoms with Crippen molar-refractivity contribution in [1.29, 1.82) is 0 Å². The molecule has 1 rings (SSSR count). The molecule has 0 atom stereocenters. The van der Waals surface area contributed by atoms with Crippen molar-refractivity contribution >= 4 is 11.7 Å². The van der Waals surface area contributed by atoms with Crippen LogP contribution in [0.5, 0.6) is 0 Å². The number of rotatable bonds is 3. The SMILES string of the molecule is CC(=O)OC(C)(C)/N=N/c1ccccc1. The van der Waals surface area contributed by atoms with Crippen LogP contribution in [-0.4, -0.2) is 11.7 Å². The fourth-order valence-corrected chi connectivity index (χ4v) is 1.04. The Balaban J connectivity index is 2.68. The molecule has 1 aromatic rings. The Morgan fingerprint density at radius 3 is 2.40 bits per heavy atom. The molecular formula is C11H14N2O2. The van der Waals surface area contributed by atoms with Crippen LogP contribution < -0.4 is 0 Å². The van der Waals surface area contributed by atoms with Gasteiger partial charge in [-0.1, -0.05) is 18.2 Å². The number of hydrogen-bond acceptors (Lipinski definition) is 4. The minimum absolute atomic E-state index is 0.369. The lowest BCUT2D eigenvalue weighted by Gasteiger charge is -2.17. The molecule has 0 saturated heterocycles. The third-order valence-corrected chi connectivity index (χ3v) is 1.56. The van der Waals surface area contributed by atoms with Crippen LogP contribution in [-0.2, 0) is 9.53 Å². The van der Waals surface area contributed by atoms with E-state index in [1.54, 1.807) is 13.8 Å². The van der Waals surface area contributed by atoms with Crippen molar-refractivity contribution in [2.24, 2.45) is 10.2 Å². The molecule has 0 unspecified atom stereocenters. The number of hydrogen-bond donors (Lipinski definition) is 0. The Morgan fingerprint density at radius 1 is 1.27 bits per heavy atom. The summed E-state index contributed by atoms with van der Waals surface area (Å²) in [4.78, 5) is 10.7. The van der Waals surface area contributed by atoms with E-state index in [0.717, 1.165) is 5.69 Å². The molecule has 0 amide bonds. The summed E-state index contributed by atoms with van der Waals surface area (Å²) >= 11 is 0. The summed E-state index contributed by atoms with van der Waals surface area (Å²) in [6.45, 7) is 4.71. The molecule has 0 heterocycles. The highest BCUT2D eigenvalue weighted by Gasteiger charge is 2.19. The number of esters is 1. The molecule has 0 saturated carbocycles. The van der Waals surface area contributed by atoms with Gasteiger partial charge in [-0.05, 0) is 26.0 Å². The molecule has 0 aliphatic carbocycles. The maximum absolute atomic E-state index is 10.7. The lowest BCUT2D eigenvalue weighted by atomic mass is 10.3. The van der Waals surface area contributed by atoms with Crippen LogP contribution in [0.1, 0.15) is 20.8 Å². The first-order chi connectivity index (χ1) is 6.99. The summed E-state index contributed by atoms with van der Waals surface area (Å²) in [6, 6.07) is 9.29. The van der Waals surface area contributed by atoms with Crippen molar-refractivity contribution < 1.29 is 9.53 Å². The predicted molar refractivity (Wildman–Crippen MR) is 56.8 cm³/mol. The van der Waals surface area contributed by atoms with Crippen molar-refractivity contribution in [3.8, 4) is 0 Å². The Hall–Kier alpha value is -1.71. The van der Waals surface area contributed by atoms with Gasteiger partial charge in [0.2, 0.25) is 5.72 Å². The number of benzene rings is 1. The molecule has 4 heteroatoms. The molecular weight excluding hydrogens is 192 g/mol. The maximum Gasteiger partial charge on any atom is 0.304 e. The van der Waals surface area contributed by atoms with Gasteiger partial charge >= 0.3 is 5.97 Å². The van der Waals surface area contributed by atoms with Crippen molar-refractivity contribution in [3.05, 3.63) is 30.3 Å². The average Bonchev–Trinajstić information content (AvgIpc) is 2.15. The van der Waals surface area contributed by atoms with E-state index >= 15 is 0 Å². The smallest absolute Gasteiger partial charge is 0.304 e. The first-order valence-corrected chi connectivity index (χ1v) is 4.67. The monoisotopic (exact) mass is 206 g/mol. The number of ether oxygens (including phenoxy) is 1. The normalized spacial score (nSPS) is 11.7. The fourth-order valence-electron chi connectivity index (χ4n) is 1.04. The van der Waals surface area contributed by atoms with Crippen LogP contribution >= 0.6 is 0 Å². The molecule has 80 valence electrons. The topological polar surface area (TPSA) is 51.0 Å². The van der Waals surface area contributed by atoms with E-state index in [2.05, 4.69) is 10.2 Å². The number of carbonyl (C=O) groups is 1. The van der Waals surface area contributed by atoms with Crippen LogP contribution in [0.15, 0.2) is 40.6 Å². The van der Waals surface area contributed by atoms with Crippen LogP contribution in [0, 0.1) is 0 Å². The van der Waals surface area contributed by atoms with Gasteiger partial charge in [0, 0.05) is 6.92 Å². The van der Waals surface area contributed by atoms with Crippen molar-refractivity contribution in [3.63, 3.8) is 0 Å². The second-order valence-corrected chi connectivity index (χ2v) is 3.58. The third-order valence-electron chi connectivity index (χ3n) is 1.56. The molecule has 0 aliphatic rings. The summed E-state index contributed by atoms with van der Waals surface area (Å²) in [5, 5.41) is 7.93. The zero-order valence-electron chi connectivity index (χ0n) is 9.10. The molecule has 4 nitrogen and oxygen atoms in total. The van der Waals surface area contributed by atoms with Gasteiger partial charge < -0.3 is 4.74 Å². The van der Waals surface area contributed by atoms with E-state index in [1.165, 1.54) is 6.92 Å². The summed E-state index contributed by atoms with van der Waals surface area (Å²) < 4.78 is 4.96. The molecule has 0 fully saturated rings. The van der Waals surface area contributed by atoms with Crippen molar-refractivity contribution in [2.45, 2.75) is 26.5 Å². The largest absolute Gasteiger partial charge is 0.436 e. The first kappa shape index (κ1) is 11.4. The van der Waals surface area contributed by atoms with E-state index in [0.29, 0.717) is 0 Å². The zero-order valence-corrected chi connectivity index (χ0v) is 9.10. The highest BCUT2D eigenvalue weighted by Crippen LogP contribution is 2.17. The molecule has 0 radical (unpaired) electrons. The van der Waals surface area contributed by atoms with Crippen molar-refractivity contribution in [2.75, 3.05) is 0 Å². The number of azo groups is 1. The van der Waals surface area contributed by atoms with Gasteiger partial charge in [-0.25, -0.2) is 0 Å². The van der Waals surface area contributed by atoms with E-state index < -0.39 is 5.72 Å². The van der Waals surface area contributed by atoms with Gasteiger partial charge in [0.1, 0.15) is 0 Å². The quantitative estimate of drug-likeness (QED) is 0.563. The second kappa shape index (κ2) is 4.68. The third kappa shape index (κ3) is 4.35. The van der Waals surface area contributed by atoms with Gasteiger partial charge in [-0.15, -0.1) is 5.11 Å². The molecule has 0 spiro atoms. The van der Waals surface area contributed by atoms with Gasteiger partial charge in [0.25, 0.3) is 0 Å². The Morgan fingerprint density at radius 2 is 1.87 bits per heavy atom. The predicted octanol–water partition coefficient (Wildman–Crippen LogP) is 3.07. The summed E-state index contributed by atoms with van der Waals surface area (Å²) in [5.41, 5.74) is -0.181.